The van der Waals surface area contributed by atoms with Crippen LogP contribution in [-0.2, 0) is 0 Å². The summed E-state index contributed by atoms with van der Waals surface area (Å²) in [5.74, 6) is 0. The highest BCUT2D eigenvalue weighted by molar-refractivity contribution is 6.23. The normalized spacial score (nSPS) is 12.1. The predicted octanol–water partition coefficient (Wildman–Crippen LogP) is 10.7. The quantitative estimate of drug-likeness (QED) is 0.193. The molecule has 0 aliphatic heterocycles. The van der Waals surface area contributed by atoms with Crippen molar-refractivity contribution in [3.8, 4) is 16.8 Å². The summed E-state index contributed by atoms with van der Waals surface area (Å²) in [5.41, 5.74) is 10.3. The zero-order valence-electron chi connectivity index (χ0n) is 23.8. The molecule has 3 heteroatoms. The average molecular weight is 560 g/mol. The minimum atomic E-state index is 1.00. The fourth-order valence-electron chi connectivity index (χ4n) is 7.30. The van der Waals surface area contributed by atoms with Crippen LogP contribution in [-0.4, -0.2) is 14.0 Å². The van der Waals surface area contributed by atoms with Gasteiger partial charge >= 0.3 is 0 Å². The maximum absolute atomic E-state index is 5.20. The lowest BCUT2D eigenvalue weighted by atomic mass is 9.97. The third-order valence-corrected chi connectivity index (χ3v) is 9.28. The lowest BCUT2D eigenvalue weighted by Crippen LogP contribution is -1.94. The Morgan fingerprint density at radius 3 is 1.77 bits per heavy atom. The van der Waals surface area contributed by atoms with Crippen LogP contribution in [0.5, 0.6) is 0 Å². The van der Waals surface area contributed by atoms with Crippen molar-refractivity contribution in [1.29, 1.82) is 0 Å². The molecular weight excluding hydrogens is 534 g/mol. The van der Waals surface area contributed by atoms with Gasteiger partial charge in [-0.2, -0.15) is 0 Å². The van der Waals surface area contributed by atoms with Gasteiger partial charge in [0.2, 0.25) is 0 Å². The maximum atomic E-state index is 5.20. The summed E-state index contributed by atoms with van der Waals surface area (Å²) in [7, 11) is 0. The summed E-state index contributed by atoms with van der Waals surface area (Å²) in [6.07, 6.45) is 0. The van der Waals surface area contributed by atoms with E-state index >= 15 is 0 Å². The van der Waals surface area contributed by atoms with Crippen molar-refractivity contribution in [3.05, 3.63) is 152 Å². The topological polar surface area (TPSA) is 22.2 Å². The Bertz CT molecular complexity index is 2710. The van der Waals surface area contributed by atoms with Gasteiger partial charge in [-0.25, -0.2) is 4.98 Å². The molecule has 44 heavy (non-hydrogen) atoms. The number of para-hydroxylation sites is 4. The minimum Gasteiger partial charge on any atom is -0.309 e. The molecule has 10 rings (SSSR count). The molecule has 3 heterocycles. The second-order valence-electron chi connectivity index (χ2n) is 11.6. The second kappa shape index (κ2) is 8.79. The summed E-state index contributed by atoms with van der Waals surface area (Å²) in [6.45, 7) is 0. The van der Waals surface area contributed by atoms with Crippen LogP contribution in [0.3, 0.4) is 0 Å². The number of imidazole rings is 1. The molecule has 7 aromatic carbocycles. The number of rotatable bonds is 2. The van der Waals surface area contributed by atoms with Gasteiger partial charge in [-0.05, 0) is 69.8 Å². The zero-order valence-corrected chi connectivity index (χ0v) is 23.8. The third-order valence-electron chi connectivity index (χ3n) is 9.28. The molecule has 0 aliphatic rings. The number of aromatic nitrogens is 3. The molecule has 10 aromatic rings. The summed E-state index contributed by atoms with van der Waals surface area (Å²) in [4.78, 5) is 5.20. The zero-order chi connectivity index (χ0) is 28.8. The summed E-state index contributed by atoms with van der Waals surface area (Å²) in [6, 6.07) is 54.8. The molecule has 0 spiro atoms. The number of hydrogen-bond acceptors (Lipinski definition) is 1. The van der Waals surface area contributed by atoms with Gasteiger partial charge in [0.05, 0.1) is 27.6 Å². The van der Waals surface area contributed by atoms with Gasteiger partial charge in [0.25, 0.3) is 0 Å². The lowest BCUT2D eigenvalue weighted by molar-refractivity contribution is 1.18. The summed E-state index contributed by atoms with van der Waals surface area (Å²) >= 11 is 0. The summed E-state index contributed by atoms with van der Waals surface area (Å²) < 4.78 is 4.72. The van der Waals surface area contributed by atoms with Crippen molar-refractivity contribution in [3.63, 3.8) is 0 Å². The molecule has 204 valence electrons. The average Bonchev–Trinajstić information content (AvgIpc) is 3.64. The molecule has 0 saturated heterocycles. The van der Waals surface area contributed by atoms with Gasteiger partial charge in [0.15, 0.2) is 0 Å². The molecule has 0 aliphatic carbocycles. The molecule has 0 radical (unpaired) electrons. The van der Waals surface area contributed by atoms with Crippen LogP contribution in [0.25, 0.3) is 87.7 Å². The smallest absolute Gasteiger partial charge is 0.147 e. The monoisotopic (exact) mass is 559 g/mol. The van der Waals surface area contributed by atoms with E-state index in [-0.39, 0.29) is 0 Å². The number of fused-ring (bicyclic) bond motifs is 13. The van der Waals surface area contributed by atoms with E-state index in [1.807, 2.05) is 0 Å². The van der Waals surface area contributed by atoms with E-state index in [1.165, 1.54) is 65.4 Å². The van der Waals surface area contributed by atoms with Crippen LogP contribution in [0.4, 0.5) is 0 Å². The Kier molecular flexibility index (Phi) is 4.72. The fraction of sp³-hybridized carbons (Fsp3) is 0. The van der Waals surface area contributed by atoms with E-state index in [9.17, 15) is 0 Å². The molecule has 3 nitrogen and oxygen atoms in total. The van der Waals surface area contributed by atoms with Crippen molar-refractivity contribution in [1.82, 2.24) is 14.0 Å². The van der Waals surface area contributed by atoms with Crippen LogP contribution >= 0.6 is 0 Å². The van der Waals surface area contributed by atoms with Crippen molar-refractivity contribution in [2.75, 3.05) is 0 Å². The van der Waals surface area contributed by atoms with Gasteiger partial charge in [-0.3, -0.25) is 4.40 Å². The molecule has 0 saturated carbocycles. The standard InChI is InChI=1S/C41H25N3/c1-2-10-30-27(9-1)19-24-34-33-23-20-28(25-39(33)44-38-16-8-5-13-35(38)42-41(44)40(30)34)26-17-21-29(22-18-26)43-36-14-6-3-11-31(36)32-12-4-7-15-37(32)43/h1-25H. The number of pyridine rings is 1. The van der Waals surface area contributed by atoms with E-state index in [4.69, 9.17) is 4.98 Å². The summed E-state index contributed by atoms with van der Waals surface area (Å²) in [5, 5.41) is 8.68. The van der Waals surface area contributed by atoms with Gasteiger partial charge in [0, 0.05) is 27.2 Å². The van der Waals surface area contributed by atoms with E-state index in [0.717, 1.165) is 22.4 Å². The van der Waals surface area contributed by atoms with Crippen molar-refractivity contribution >= 4 is 70.9 Å². The largest absolute Gasteiger partial charge is 0.309 e. The number of benzene rings is 7. The Hall–Kier alpha value is -5.93. The highest BCUT2D eigenvalue weighted by atomic mass is 15.0. The van der Waals surface area contributed by atoms with Gasteiger partial charge in [-0.1, -0.05) is 109 Å². The Labute approximate surface area is 252 Å². The molecule has 0 N–H and O–H groups in total. The highest BCUT2D eigenvalue weighted by Crippen LogP contribution is 2.38. The first kappa shape index (κ1) is 23.6. The van der Waals surface area contributed by atoms with Crippen LogP contribution in [0.15, 0.2) is 152 Å². The molecule has 0 fully saturated rings. The fourth-order valence-corrected chi connectivity index (χ4v) is 7.30. The molecular formula is C41H25N3. The Morgan fingerprint density at radius 1 is 0.409 bits per heavy atom. The maximum Gasteiger partial charge on any atom is 0.147 e. The SMILES string of the molecule is c1ccc2c(c1)ccc1c3ccc(-c4ccc(-n5c6ccccc6c6ccccc65)cc4)cc3n3c4ccccc4nc3c21. The van der Waals surface area contributed by atoms with E-state index in [1.54, 1.807) is 0 Å². The molecule has 0 atom stereocenters. The molecule has 0 unspecified atom stereocenters. The Balaban J connectivity index is 1.21. The Morgan fingerprint density at radius 2 is 1.00 bits per heavy atom. The first-order valence-electron chi connectivity index (χ1n) is 15.1. The lowest BCUT2D eigenvalue weighted by Gasteiger charge is -2.13. The van der Waals surface area contributed by atoms with Crippen LogP contribution < -0.4 is 0 Å². The second-order valence-corrected chi connectivity index (χ2v) is 11.6. The molecule has 0 bridgehead atoms. The van der Waals surface area contributed by atoms with Crippen LogP contribution in [0.2, 0.25) is 0 Å². The minimum absolute atomic E-state index is 1.00. The van der Waals surface area contributed by atoms with E-state index in [0.29, 0.717) is 0 Å². The predicted molar refractivity (Wildman–Crippen MR) is 185 cm³/mol. The highest BCUT2D eigenvalue weighted by Gasteiger charge is 2.17. The number of nitrogens with zero attached hydrogens (tertiary/aromatic N) is 3. The van der Waals surface area contributed by atoms with Crippen LogP contribution in [0.1, 0.15) is 0 Å². The molecule has 0 amide bonds. The third kappa shape index (κ3) is 3.18. The van der Waals surface area contributed by atoms with E-state index in [2.05, 4.69) is 161 Å². The van der Waals surface area contributed by atoms with Crippen molar-refractivity contribution < 1.29 is 0 Å². The molecule has 3 aromatic heterocycles. The van der Waals surface area contributed by atoms with Crippen LogP contribution in [0, 0.1) is 0 Å². The van der Waals surface area contributed by atoms with Gasteiger partial charge in [-0.15, -0.1) is 0 Å². The number of hydrogen-bond donors (Lipinski definition) is 0. The first-order valence-corrected chi connectivity index (χ1v) is 15.1. The van der Waals surface area contributed by atoms with Crippen molar-refractivity contribution in [2.24, 2.45) is 0 Å². The van der Waals surface area contributed by atoms with Crippen molar-refractivity contribution in [2.45, 2.75) is 0 Å². The van der Waals surface area contributed by atoms with Gasteiger partial charge in [0.1, 0.15) is 5.65 Å². The van der Waals surface area contributed by atoms with E-state index < -0.39 is 0 Å². The van der Waals surface area contributed by atoms with Gasteiger partial charge < -0.3 is 4.57 Å². The first-order chi connectivity index (χ1) is 21.8.